The molecule has 0 aliphatic heterocycles. The van der Waals surface area contributed by atoms with Crippen molar-refractivity contribution >= 4 is 11.4 Å². The molecule has 0 heterocycles. The van der Waals surface area contributed by atoms with Gasteiger partial charge in [0.2, 0.25) is 0 Å². The number of nitrogens with two attached hydrogens (primary N) is 1. The molecule has 1 aliphatic rings. The molecule has 0 amide bonds. The van der Waals surface area contributed by atoms with E-state index in [4.69, 9.17) is 15.2 Å². The Hall–Kier alpha value is -1.42. The molecule has 106 valence electrons. The molecule has 4 heteroatoms. The molecule has 0 spiro atoms. The van der Waals surface area contributed by atoms with Gasteiger partial charge >= 0.3 is 0 Å². The van der Waals surface area contributed by atoms with Gasteiger partial charge in [-0.2, -0.15) is 0 Å². The van der Waals surface area contributed by atoms with Crippen LogP contribution < -0.4 is 15.8 Å². The second-order valence-electron chi connectivity index (χ2n) is 5.05. The number of nitrogen functional groups attached to an aromatic ring is 1. The zero-order valence-electron chi connectivity index (χ0n) is 11.7. The SMILES string of the molecule is COc1cc(N)cc(NCCOC2CCCCC2)c1. The van der Waals surface area contributed by atoms with E-state index >= 15 is 0 Å². The minimum absolute atomic E-state index is 0.464. The molecule has 19 heavy (non-hydrogen) atoms. The maximum atomic E-state index is 5.87. The van der Waals surface area contributed by atoms with Gasteiger partial charge in [0.25, 0.3) is 0 Å². The average Bonchev–Trinajstić information content (AvgIpc) is 2.44. The second-order valence-corrected chi connectivity index (χ2v) is 5.05. The molecule has 1 saturated carbocycles. The van der Waals surface area contributed by atoms with Gasteiger partial charge in [-0.3, -0.25) is 0 Å². The van der Waals surface area contributed by atoms with E-state index in [1.54, 1.807) is 7.11 Å². The van der Waals surface area contributed by atoms with Crippen LogP contribution in [0.1, 0.15) is 32.1 Å². The zero-order chi connectivity index (χ0) is 13.5. The standard InChI is InChI=1S/C15H24N2O2/c1-18-15-10-12(16)9-13(11-15)17-7-8-19-14-5-3-2-4-6-14/h9-11,14,17H,2-8,16H2,1H3. The molecule has 1 aromatic carbocycles. The van der Waals surface area contributed by atoms with Crippen molar-refractivity contribution in [2.45, 2.75) is 38.2 Å². The number of anilines is 2. The summed E-state index contributed by atoms with van der Waals surface area (Å²) in [7, 11) is 1.64. The monoisotopic (exact) mass is 264 g/mol. The lowest BCUT2D eigenvalue weighted by Gasteiger charge is -2.22. The van der Waals surface area contributed by atoms with E-state index in [-0.39, 0.29) is 0 Å². The van der Waals surface area contributed by atoms with Crippen LogP contribution in [0.5, 0.6) is 5.75 Å². The first-order valence-corrected chi connectivity index (χ1v) is 7.08. The van der Waals surface area contributed by atoms with Gasteiger partial charge in [0.1, 0.15) is 5.75 Å². The molecule has 0 atom stereocenters. The van der Waals surface area contributed by atoms with Crippen LogP contribution in [0.4, 0.5) is 11.4 Å². The molecule has 0 bridgehead atoms. The quantitative estimate of drug-likeness (QED) is 0.612. The van der Waals surface area contributed by atoms with Crippen LogP contribution in [-0.4, -0.2) is 26.4 Å². The maximum absolute atomic E-state index is 5.87. The highest BCUT2D eigenvalue weighted by Crippen LogP contribution is 2.22. The molecular formula is C15H24N2O2. The van der Waals surface area contributed by atoms with Crippen LogP contribution in [0.3, 0.4) is 0 Å². The molecule has 1 aromatic rings. The Balaban J connectivity index is 1.71. The maximum Gasteiger partial charge on any atom is 0.122 e. The predicted molar refractivity (Wildman–Crippen MR) is 78.7 cm³/mol. The fourth-order valence-corrected chi connectivity index (χ4v) is 2.49. The zero-order valence-corrected chi connectivity index (χ0v) is 11.7. The highest BCUT2D eigenvalue weighted by molar-refractivity contribution is 5.59. The van der Waals surface area contributed by atoms with Crippen LogP contribution in [0, 0.1) is 0 Å². The van der Waals surface area contributed by atoms with Crippen molar-refractivity contribution in [3.63, 3.8) is 0 Å². The summed E-state index contributed by atoms with van der Waals surface area (Å²) < 4.78 is 11.1. The molecule has 0 saturated heterocycles. The van der Waals surface area contributed by atoms with Crippen LogP contribution in [0.15, 0.2) is 18.2 Å². The molecule has 3 N–H and O–H groups in total. The fourth-order valence-electron chi connectivity index (χ4n) is 2.49. The first-order valence-electron chi connectivity index (χ1n) is 7.08. The van der Waals surface area contributed by atoms with Gasteiger partial charge in [-0.05, 0) is 18.9 Å². The smallest absolute Gasteiger partial charge is 0.122 e. The van der Waals surface area contributed by atoms with Crippen LogP contribution >= 0.6 is 0 Å². The molecular weight excluding hydrogens is 240 g/mol. The summed E-state index contributed by atoms with van der Waals surface area (Å²) in [4.78, 5) is 0. The third-order valence-corrected chi connectivity index (χ3v) is 3.50. The van der Waals surface area contributed by atoms with Crippen LogP contribution in [-0.2, 0) is 4.74 Å². The summed E-state index contributed by atoms with van der Waals surface area (Å²) in [6.07, 6.45) is 6.87. The summed E-state index contributed by atoms with van der Waals surface area (Å²) in [5.74, 6) is 0.774. The van der Waals surface area contributed by atoms with Crippen molar-refractivity contribution < 1.29 is 9.47 Å². The number of ether oxygens (including phenoxy) is 2. The topological polar surface area (TPSA) is 56.5 Å². The van der Waals surface area contributed by atoms with Crippen LogP contribution in [0.25, 0.3) is 0 Å². The number of hydrogen-bond donors (Lipinski definition) is 2. The van der Waals surface area contributed by atoms with Crippen molar-refractivity contribution in [2.75, 3.05) is 31.3 Å². The van der Waals surface area contributed by atoms with Crippen molar-refractivity contribution in [3.8, 4) is 5.75 Å². The van der Waals surface area contributed by atoms with Gasteiger partial charge < -0.3 is 20.5 Å². The summed E-state index contributed by atoms with van der Waals surface area (Å²) in [6, 6.07) is 5.66. The highest BCUT2D eigenvalue weighted by atomic mass is 16.5. The molecule has 0 radical (unpaired) electrons. The van der Waals surface area contributed by atoms with Crippen molar-refractivity contribution in [1.29, 1.82) is 0 Å². The van der Waals surface area contributed by atoms with Crippen LogP contribution in [0.2, 0.25) is 0 Å². The van der Waals surface area contributed by atoms with E-state index in [2.05, 4.69) is 5.32 Å². The molecule has 0 aromatic heterocycles. The molecule has 1 fully saturated rings. The summed E-state index contributed by atoms with van der Waals surface area (Å²) in [5, 5.41) is 3.31. The van der Waals surface area contributed by atoms with Crippen molar-refractivity contribution in [1.82, 2.24) is 0 Å². The number of nitrogens with one attached hydrogen (secondary N) is 1. The van der Waals surface area contributed by atoms with E-state index in [9.17, 15) is 0 Å². The minimum Gasteiger partial charge on any atom is -0.497 e. The van der Waals surface area contributed by atoms with Gasteiger partial charge in [0.15, 0.2) is 0 Å². The van der Waals surface area contributed by atoms with Gasteiger partial charge in [0, 0.05) is 30.1 Å². The molecule has 4 nitrogen and oxygen atoms in total. The average molecular weight is 264 g/mol. The summed E-state index contributed by atoms with van der Waals surface area (Å²) >= 11 is 0. The number of methoxy groups -OCH3 is 1. The molecule has 1 aliphatic carbocycles. The van der Waals surface area contributed by atoms with Gasteiger partial charge in [-0.1, -0.05) is 19.3 Å². The Bertz CT molecular complexity index is 390. The lowest BCUT2D eigenvalue weighted by atomic mass is 9.98. The number of benzene rings is 1. The third kappa shape index (κ3) is 4.63. The predicted octanol–water partition coefficient (Wildman–Crippen LogP) is 3.04. The van der Waals surface area contributed by atoms with E-state index in [1.807, 2.05) is 18.2 Å². The largest absolute Gasteiger partial charge is 0.497 e. The van der Waals surface area contributed by atoms with Gasteiger partial charge in [-0.25, -0.2) is 0 Å². The van der Waals surface area contributed by atoms with E-state index in [0.29, 0.717) is 11.8 Å². The Morgan fingerprint density at radius 3 is 2.74 bits per heavy atom. The minimum atomic E-state index is 0.464. The number of hydrogen-bond acceptors (Lipinski definition) is 4. The van der Waals surface area contributed by atoms with Crippen molar-refractivity contribution in [3.05, 3.63) is 18.2 Å². The fraction of sp³-hybridized carbons (Fsp3) is 0.600. The second kappa shape index (κ2) is 7.24. The van der Waals surface area contributed by atoms with Crippen molar-refractivity contribution in [2.24, 2.45) is 0 Å². The normalized spacial score (nSPS) is 16.3. The van der Waals surface area contributed by atoms with E-state index < -0.39 is 0 Å². The Labute approximate surface area is 115 Å². The first kappa shape index (κ1) is 14.0. The van der Waals surface area contributed by atoms with E-state index in [1.165, 1.54) is 32.1 Å². The number of rotatable bonds is 6. The third-order valence-electron chi connectivity index (χ3n) is 3.50. The van der Waals surface area contributed by atoms with Gasteiger partial charge in [0.05, 0.1) is 19.8 Å². The first-order chi connectivity index (χ1) is 9.28. The van der Waals surface area contributed by atoms with Gasteiger partial charge in [-0.15, -0.1) is 0 Å². The molecule has 0 unspecified atom stereocenters. The van der Waals surface area contributed by atoms with E-state index in [0.717, 1.165) is 24.6 Å². The summed E-state index contributed by atoms with van der Waals surface area (Å²) in [5.41, 5.74) is 7.48. The highest BCUT2D eigenvalue weighted by Gasteiger charge is 2.12. The Morgan fingerprint density at radius 1 is 1.21 bits per heavy atom. The lowest BCUT2D eigenvalue weighted by molar-refractivity contribution is 0.0347. The Kier molecular flexibility index (Phi) is 5.33. The summed E-state index contributed by atoms with van der Waals surface area (Å²) in [6.45, 7) is 1.53. The Morgan fingerprint density at radius 2 is 2.00 bits per heavy atom. The lowest BCUT2D eigenvalue weighted by Crippen LogP contribution is -2.20. The molecule has 2 rings (SSSR count).